The maximum Gasteiger partial charge on any atom is 0.0682 e. The van der Waals surface area contributed by atoms with Crippen LogP contribution in [0.1, 0.15) is 18.4 Å². The van der Waals surface area contributed by atoms with Gasteiger partial charge in [0.2, 0.25) is 0 Å². The standard InChI is InChI=1S/C20H31N3O2/c24-10-4-8-21-12-18-11-19(25)13-23(18)20(14-21)15-22(16-20)9-7-17-5-2-1-3-6-17/h1-3,5-6,18-19,24-25H,4,7-16H2/t18-,19+/m0/s1. The molecule has 3 saturated heterocycles. The lowest BCUT2D eigenvalue weighted by molar-refractivity contribution is -0.113. The van der Waals surface area contributed by atoms with Crippen molar-refractivity contribution in [2.75, 3.05) is 52.4 Å². The number of aliphatic hydroxyl groups is 2. The summed E-state index contributed by atoms with van der Waals surface area (Å²) in [5, 5.41) is 19.3. The Morgan fingerprint density at radius 1 is 1.00 bits per heavy atom. The van der Waals surface area contributed by atoms with Crippen molar-refractivity contribution < 1.29 is 10.2 Å². The van der Waals surface area contributed by atoms with E-state index < -0.39 is 0 Å². The molecular weight excluding hydrogens is 314 g/mol. The molecule has 2 N–H and O–H groups in total. The van der Waals surface area contributed by atoms with Gasteiger partial charge in [0.1, 0.15) is 0 Å². The number of β-amino-alcohol motifs (C(OH)–C–C–N with tert-alkyl or cyclic N) is 1. The van der Waals surface area contributed by atoms with Gasteiger partial charge in [-0.3, -0.25) is 14.7 Å². The predicted molar refractivity (Wildman–Crippen MR) is 98.6 cm³/mol. The van der Waals surface area contributed by atoms with Crippen molar-refractivity contribution in [3.8, 4) is 0 Å². The third-order valence-electron chi connectivity index (χ3n) is 6.22. The maximum atomic E-state index is 10.2. The average Bonchev–Trinajstić information content (AvgIpc) is 2.97. The van der Waals surface area contributed by atoms with Gasteiger partial charge in [0.05, 0.1) is 11.6 Å². The normalized spacial score (nSPS) is 29.7. The smallest absolute Gasteiger partial charge is 0.0682 e. The van der Waals surface area contributed by atoms with Gasteiger partial charge in [-0.05, 0) is 24.8 Å². The minimum absolute atomic E-state index is 0.168. The Morgan fingerprint density at radius 3 is 2.52 bits per heavy atom. The second kappa shape index (κ2) is 7.33. The zero-order valence-electron chi connectivity index (χ0n) is 15.1. The van der Waals surface area contributed by atoms with E-state index in [1.807, 2.05) is 0 Å². The molecule has 0 aliphatic carbocycles. The Balaban J connectivity index is 1.36. The van der Waals surface area contributed by atoms with Gasteiger partial charge in [-0.25, -0.2) is 0 Å². The van der Waals surface area contributed by atoms with Crippen molar-refractivity contribution in [2.45, 2.75) is 36.9 Å². The molecule has 3 fully saturated rings. The van der Waals surface area contributed by atoms with E-state index in [1.165, 1.54) is 5.56 Å². The first-order chi connectivity index (χ1) is 12.2. The number of benzene rings is 1. The fourth-order valence-electron chi connectivity index (χ4n) is 5.14. The van der Waals surface area contributed by atoms with Crippen LogP contribution in [0.3, 0.4) is 0 Å². The van der Waals surface area contributed by atoms with E-state index in [9.17, 15) is 5.11 Å². The molecule has 3 heterocycles. The summed E-state index contributed by atoms with van der Waals surface area (Å²) in [6.45, 7) is 7.54. The lowest BCUT2D eigenvalue weighted by atomic mass is 9.83. The van der Waals surface area contributed by atoms with Crippen LogP contribution in [-0.2, 0) is 6.42 Å². The van der Waals surface area contributed by atoms with Gasteiger partial charge < -0.3 is 10.2 Å². The summed E-state index contributed by atoms with van der Waals surface area (Å²) in [7, 11) is 0. The van der Waals surface area contributed by atoms with Gasteiger partial charge in [0, 0.05) is 58.5 Å². The predicted octanol–water partition coefficient (Wildman–Crippen LogP) is 0.417. The van der Waals surface area contributed by atoms with Gasteiger partial charge in [0.25, 0.3) is 0 Å². The maximum absolute atomic E-state index is 10.2. The molecule has 4 rings (SSSR count). The topological polar surface area (TPSA) is 50.2 Å². The molecule has 3 aliphatic heterocycles. The number of aliphatic hydroxyl groups excluding tert-OH is 2. The SMILES string of the molecule is OCCCN1C[C@@H]2C[C@@H](O)CN2C2(C1)CN(CCc1ccccc1)C2. The first-order valence-electron chi connectivity index (χ1n) is 9.73. The molecule has 0 bridgehead atoms. The van der Waals surface area contributed by atoms with Crippen LogP contribution in [0.15, 0.2) is 30.3 Å². The number of rotatable bonds is 6. The Hall–Kier alpha value is -0.980. The molecule has 1 aromatic carbocycles. The number of hydrogen-bond donors (Lipinski definition) is 2. The summed E-state index contributed by atoms with van der Waals surface area (Å²) in [6.07, 6.45) is 2.69. The van der Waals surface area contributed by atoms with E-state index in [-0.39, 0.29) is 18.2 Å². The van der Waals surface area contributed by atoms with Crippen LogP contribution in [0.25, 0.3) is 0 Å². The molecular formula is C20H31N3O2. The second-order valence-electron chi connectivity index (χ2n) is 8.18. The highest BCUT2D eigenvalue weighted by molar-refractivity contribution is 5.17. The Kier molecular flexibility index (Phi) is 5.11. The Labute approximate surface area is 150 Å². The van der Waals surface area contributed by atoms with Crippen molar-refractivity contribution in [3.05, 3.63) is 35.9 Å². The van der Waals surface area contributed by atoms with E-state index >= 15 is 0 Å². The number of likely N-dealkylation sites (tertiary alicyclic amines) is 1. The summed E-state index contributed by atoms with van der Waals surface area (Å²) in [4.78, 5) is 7.68. The minimum Gasteiger partial charge on any atom is -0.396 e. The molecule has 0 radical (unpaired) electrons. The van der Waals surface area contributed by atoms with Crippen LogP contribution in [0, 0.1) is 0 Å². The summed E-state index contributed by atoms with van der Waals surface area (Å²) < 4.78 is 0. The van der Waals surface area contributed by atoms with Gasteiger partial charge in [0.15, 0.2) is 0 Å². The molecule has 2 atom stereocenters. The van der Waals surface area contributed by atoms with E-state index in [0.717, 1.165) is 65.1 Å². The van der Waals surface area contributed by atoms with E-state index in [2.05, 4.69) is 45.0 Å². The van der Waals surface area contributed by atoms with E-state index in [1.54, 1.807) is 0 Å². The van der Waals surface area contributed by atoms with Gasteiger partial charge in [-0.2, -0.15) is 0 Å². The summed E-state index contributed by atoms with van der Waals surface area (Å²) in [5.41, 5.74) is 1.62. The third-order valence-corrected chi connectivity index (χ3v) is 6.22. The molecule has 0 saturated carbocycles. The van der Waals surface area contributed by atoms with Crippen LogP contribution >= 0.6 is 0 Å². The van der Waals surface area contributed by atoms with Gasteiger partial charge >= 0.3 is 0 Å². The molecule has 25 heavy (non-hydrogen) atoms. The molecule has 138 valence electrons. The molecule has 1 spiro atoms. The average molecular weight is 345 g/mol. The van der Waals surface area contributed by atoms with E-state index in [0.29, 0.717) is 6.04 Å². The molecule has 3 aliphatic rings. The van der Waals surface area contributed by atoms with Crippen LogP contribution in [-0.4, -0.2) is 95.0 Å². The van der Waals surface area contributed by atoms with Crippen molar-refractivity contribution in [1.82, 2.24) is 14.7 Å². The fourth-order valence-corrected chi connectivity index (χ4v) is 5.14. The molecule has 5 heteroatoms. The Morgan fingerprint density at radius 2 is 1.76 bits per heavy atom. The first kappa shape index (κ1) is 17.4. The number of hydrogen-bond acceptors (Lipinski definition) is 5. The van der Waals surface area contributed by atoms with Gasteiger partial charge in [-0.1, -0.05) is 30.3 Å². The van der Waals surface area contributed by atoms with Crippen molar-refractivity contribution in [3.63, 3.8) is 0 Å². The highest BCUT2D eigenvalue weighted by Crippen LogP contribution is 2.38. The molecule has 1 aromatic rings. The minimum atomic E-state index is -0.168. The van der Waals surface area contributed by atoms with Crippen LogP contribution in [0.5, 0.6) is 0 Å². The molecule has 5 nitrogen and oxygen atoms in total. The summed E-state index contributed by atoms with van der Waals surface area (Å²) >= 11 is 0. The number of fused-ring (bicyclic) bond motifs is 2. The van der Waals surface area contributed by atoms with Crippen molar-refractivity contribution in [1.29, 1.82) is 0 Å². The summed E-state index contributed by atoms with van der Waals surface area (Å²) in [5.74, 6) is 0. The Bertz CT molecular complexity index is 561. The van der Waals surface area contributed by atoms with Gasteiger partial charge in [-0.15, -0.1) is 0 Å². The first-order valence-corrected chi connectivity index (χ1v) is 9.73. The van der Waals surface area contributed by atoms with E-state index in [4.69, 9.17) is 5.11 Å². The summed E-state index contributed by atoms with van der Waals surface area (Å²) in [6, 6.07) is 11.2. The van der Waals surface area contributed by atoms with Crippen molar-refractivity contribution in [2.24, 2.45) is 0 Å². The largest absolute Gasteiger partial charge is 0.396 e. The quantitative estimate of drug-likeness (QED) is 0.783. The zero-order chi connectivity index (χ0) is 17.3. The number of piperazine rings is 1. The second-order valence-corrected chi connectivity index (χ2v) is 8.18. The highest BCUT2D eigenvalue weighted by atomic mass is 16.3. The molecule has 0 amide bonds. The lowest BCUT2D eigenvalue weighted by Gasteiger charge is -2.61. The van der Waals surface area contributed by atoms with Crippen LogP contribution < -0.4 is 0 Å². The number of nitrogens with zero attached hydrogens (tertiary/aromatic N) is 3. The monoisotopic (exact) mass is 345 g/mol. The zero-order valence-corrected chi connectivity index (χ0v) is 15.1. The van der Waals surface area contributed by atoms with Crippen molar-refractivity contribution >= 4 is 0 Å². The molecule has 0 unspecified atom stereocenters. The molecule has 0 aromatic heterocycles. The van der Waals surface area contributed by atoms with Crippen LogP contribution in [0.4, 0.5) is 0 Å². The third kappa shape index (κ3) is 3.62. The lowest BCUT2D eigenvalue weighted by Crippen LogP contribution is -2.78. The van der Waals surface area contributed by atoms with Crippen LogP contribution in [0.2, 0.25) is 0 Å². The fraction of sp³-hybridized carbons (Fsp3) is 0.700. The highest BCUT2D eigenvalue weighted by Gasteiger charge is 2.55.